The summed E-state index contributed by atoms with van der Waals surface area (Å²) in [5, 5.41) is 0.830. The van der Waals surface area contributed by atoms with Gasteiger partial charge in [0.25, 0.3) is 11.8 Å². The van der Waals surface area contributed by atoms with Gasteiger partial charge in [-0.15, -0.1) is 0 Å². The Labute approximate surface area is 205 Å². The molecule has 0 radical (unpaired) electrons. The normalized spacial score (nSPS) is 17.9. The van der Waals surface area contributed by atoms with Gasteiger partial charge in [-0.25, -0.2) is 0 Å². The molecule has 0 saturated carbocycles. The molecule has 0 spiro atoms. The van der Waals surface area contributed by atoms with Crippen molar-refractivity contribution in [3.05, 3.63) is 63.0 Å². The molecule has 10 heteroatoms. The number of hydrogen-bond donors (Lipinski definition) is 0. The molecule has 2 saturated heterocycles. The molecule has 2 amide bonds. The van der Waals surface area contributed by atoms with Crippen molar-refractivity contribution in [3.8, 4) is 5.75 Å². The van der Waals surface area contributed by atoms with Crippen LogP contribution in [0.4, 0.5) is 5.69 Å². The number of nitrogens with zero attached hydrogens (tertiary/aromatic N) is 2. The number of thiocarbonyl (C=S) groups is 1. The number of anilines is 1. The molecule has 2 aliphatic rings. The number of morpholine rings is 1. The molecule has 0 unspecified atom stereocenters. The minimum atomic E-state index is -0.249. The number of thioether (sulfide) groups is 1. The van der Waals surface area contributed by atoms with E-state index in [2.05, 4.69) is 0 Å². The number of benzene rings is 2. The second-order valence-electron chi connectivity index (χ2n) is 6.96. The van der Waals surface area contributed by atoms with E-state index in [0.29, 0.717) is 57.0 Å². The lowest BCUT2D eigenvalue weighted by atomic mass is 10.2. The number of halogens is 2. The Kier molecular flexibility index (Phi) is 7.37. The highest BCUT2D eigenvalue weighted by Crippen LogP contribution is 2.39. The maximum absolute atomic E-state index is 12.9. The third-order valence-corrected chi connectivity index (χ3v) is 6.69. The van der Waals surface area contributed by atoms with Gasteiger partial charge in [0.1, 0.15) is 5.75 Å². The number of carbonyl (C=O) groups excluding carboxylic acids is 2. The Hall–Kier alpha value is -2.10. The minimum Gasteiger partial charge on any atom is -0.484 e. The van der Waals surface area contributed by atoms with Gasteiger partial charge < -0.3 is 14.4 Å². The van der Waals surface area contributed by atoms with Gasteiger partial charge in [-0.2, -0.15) is 0 Å². The van der Waals surface area contributed by atoms with Crippen molar-refractivity contribution in [2.75, 3.05) is 37.8 Å². The second kappa shape index (κ2) is 10.2. The van der Waals surface area contributed by atoms with Crippen molar-refractivity contribution >= 4 is 75.1 Å². The summed E-state index contributed by atoms with van der Waals surface area (Å²) in [6, 6.07) is 12.1. The Balaban J connectivity index is 1.41. The van der Waals surface area contributed by atoms with Crippen LogP contribution < -0.4 is 9.64 Å². The fourth-order valence-electron chi connectivity index (χ4n) is 3.20. The largest absolute Gasteiger partial charge is 0.484 e. The number of amides is 2. The molecule has 0 aromatic heterocycles. The third kappa shape index (κ3) is 5.27. The zero-order valence-electron chi connectivity index (χ0n) is 16.8. The number of rotatable bonds is 5. The van der Waals surface area contributed by atoms with Crippen LogP contribution in [0.1, 0.15) is 5.56 Å². The van der Waals surface area contributed by atoms with Gasteiger partial charge in [-0.3, -0.25) is 14.5 Å². The molecular weight excluding hydrogens is 491 g/mol. The molecule has 6 nitrogen and oxygen atoms in total. The molecule has 0 atom stereocenters. The highest BCUT2D eigenvalue weighted by atomic mass is 35.5. The van der Waals surface area contributed by atoms with Gasteiger partial charge in [-0.05, 0) is 42.0 Å². The van der Waals surface area contributed by atoms with Gasteiger partial charge in [0, 0.05) is 18.1 Å². The van der Waals surface area contributed by atoms with E-state index in [1.54, 1.807) is 41.3 Å². The van der Waals surface area contributed by atoms with E-state index >= 15 is 0 Å². The van der Waals surface area contributed by atoms with E-state index in [4.69, 9.17) is 44.9 Å². The molecule has 2 aromatic rings. The van der Waals surface area contributed by atoms with Crippen LogP contribution in [-0.4, -0.2) is 53.9 Å². The summed E-state index contributed by atoms with van der Waals surface area (Å²) in [5.41, 5.74) is 1.30. The smallest absolute Gasteiger partial charge is 0.270 e. The average Bonchev–Trinajstić information content (AvgIpc) is 3.06. The number of carbonyl (C=O) groups is 2. The Morgan fingerprint density at radius 3 is 2.56 bits per heavy atom. The molecule has 166 valence electrons. The Morgan fingerprint density at radius 1 is 1.16 bits per heavy atom. The zero-order valence-corrected chi connectivity index (χ0v) is 19.9. The van der Waals surface area contributed by atoms with Gasteiger partial charge in [0.2, 0.25) is 0 Å². The summed E-state index contributed by atoms with van der Waals surface area (Å²) in [6.07, 6.45) is 1.76. The summed E-state index contributed by atoms with van der Waals surface area (Å²) in [7, 11) is 0. The van der Waals surface area contributed by atoms with E-state index in [-0.39, 0.29) is 18.4 Å². The first-order valence-electron chi connectivity index (χ1n) is 9.74. The molecule has 32 heavy (non-hydrogen) atoms. The molecule has 0 bridgehead atoms. The van der Waals surface area contributed by atoms with Crippen LogP contribution in [0, 0.1) is 0 Å². The van der Waals surface area contributed by atoms with Crippen LogP contribution in [0.5, 0.6) is 5.75 Å². The van der Waals surface area contributed by atoms with Gasteiger partial charge in [0.15, 0.2) is 10.9 Å². The van der Waals surface area contributed by atoms with Crippen LogP contribution >= 0.6 is 47.2 Å². The first-order chi connectivity index (χ1) is 15.4. The van der Waals surface area contributed by atoms with Gasteiger partial charge in [0.05, 0.1) is 28.8 Å². The molecule has 2 heterocycles. The van der Waals surface area contributed by atoms with Crippen LogP contribution in [0.3, 0.4) is 0 Å². The van der Waals surface area contributed by atoms with Crippen LogP contribution in [-0.2, 0) is 14.3 Å². The van der Waals surface area contributed by atoms with E-state index in [1.807, 2.05) is 12.1 Å². The maximum atomic E-state index is 12.9. The molecule has 0 aliphatic carbocycles. The lowest BCUT2D eigenvalue weighted by molar-refractivity contribution is -0.137. The Bertz CT molecular complexity index is 1090. The van der Waals surface area contributed by atoms with Crippen molar-refractivity contribution in [1.82, 2.24) is 4.90 Å². The van der Waals surface area contributed by atoms with Crippen LogP contribution in [0.2, 0.25) is 10.0 Å². The second-order valence-corrected chi connectivity index (χ2v) is 9.48. The lowest BCUT2D eigenvalue weighted by Gasteiger charge is -2.26. The van der Waals surface area contributed by atoms with Gasteiger partial charge >= 0.3 is 0 Å². The predicted octanol–water partition coefficient (Wildman–Crippen LogP) is 4.64. The topological polar surface area (TPSA) is 59.1 Å². The Morgan fingerprint density at radius 2 is 1.88 bits per heavy atom. The van der Waals surface area contributed by atoms with E-state index in [0.717, 1.165) is 5.56 Å². The summed E-state index contributed by atoms with van der Waals surface area (Å²) in [6.45, 7) is 2.24. The molecular formula is C22H18Cl2N2O4S2. The summed E-state index contributed by atoms with van der Waals surface area (Å²) in [5.74, 6) is 0.256. The van der Waals surface area contributed by atoms with Crippen molar-refractivity contribution < 1.29 is 19.1 Å². The van der Waals surface area contributed by atoms with Crippen molar-refractivity contribution in [2.45, 2.75) is 0 Å². The van der Waals surface area contributed by atoms with Crippen molar-refractivity contribution in [1.29, 1.82) is 0 Å². The third-order valence-electron chi connectivity index (χ3n) is 4.85. The fraction of sp³-hybridized carbons (Fsp3) is 0.227. The number of hydrogen-bond acceptors (Lipinski definition) is 6. The summed E-state index contributed by atoms with van der Waals surface area (Å²) in [4.78, 5) is 28.7. The first-order valence-corrected chi connectivity index (χ1v) is 11.7. The summed E-state index contributed by atoms with van der Waals surface area (Å²) < 4.78 is 11.2. The highest BCUT2D eigenvalue weighted by Gasteiger charge is 2.34. The summed E-state index contributed by atoms with van der Waals surface area (Å²) >= 11 is 18.8. The molecule has 2 aromatic carbocycles. The van der Waals surface area contributed by atoms with Crippen molar-refractivity contribution in [3.63, 3.8) is 0 Å². The SMILES string of the molecule is O=C(COc1ccc(/C=C2\SC(=S)N(c3ccc(Cl)cc3Cl)C2=O)cc1)N1CCOCC1. The molecule has 0 N–H and O–H groups in total. The molecule has 2 aliphatic heterocycles. The standard InChI is InChI=1S/C22H18Cl2N2O4S2/c23-15-3-6-18(17(24)12-15)26-21(28)19(32-22(26)31)11-14-1-4-16(5-2-14)30-13-20(27)25-7-9-29-10-8-25/h1-6,11-12H,7-10,13H2/b19-11-. The maximum Gasteiger partial charge on any atom is 0.270 e. The van der Waals surface area contributed by atoms with E-state index in [9.17, 15) is 9.59 Å². The zero-order chi connectivity index (χ0) is 22.7. The van der Waals surface area contributed by atoms with Crippen LogP contribution in [0.15, 0.2) is 47.4 Å². The lowest BCUT2D eigenvalue weighted by Crippen LogP contribution is -2.42. The van der Waals surface area contributed by atoms with E-state index in [1.165, 1.54) is 16.7 Å². The highest BCUT2D eigenvalue weighted by molar-refractivity contribution is 8.27. The van der Waals surface area contributed by atoms with Crippen LogP contribution in [0.25, 0.3) is 6.08 Å². The average molecular weight is 509 g/mol. The van der Waals surface area contributed by atoms with E-state index < -0.39 is 0 Å². The quantitative estimate of drug-likeness (QED) is 0.433. The van der Waals surface area contributed by atoms with Crippen molar-refractivity contribution in [2.24, 2.45) is 0 Å². The molecule has 4 rings (SSSR count). The first kappa shape index (κ1) is 23.1. The monoisotopic (exact) mass is 508 g/mol. The minimum absolute atomic E-state index is 0.0279. The predicted molar refractivity (Wildman–Crippen MR) is 131 cm³/mol. The number of ether oxygens (including phenoxy) is 2. The fourth-order valence-corrected chi connectivity index (χ4v) is 4.98. The molecule has 2 fully saturated rings. The van der Waals surface area contributed by atoms with Gasteiger partial charge in [-0.1, -0.05) is 59.3 Å².